The summed E-state index contributed by atoms with van der Waals surface area (Å²) in [6.45, 7) is 3.46. The number of aromatic nitrogens is 1. The van der Waals surface area contributed by atoms with Crippen molar-refractivity contribution >= 4 is 17.2 Å². The lowest BCUT2D eigenvalue weighted by Crippen LogP contribution is -2.34. The zero-order chi connectivity index (χ0) is 15.5. The molecule has 0 saturated carbocycles. The van der Waals surface area contributed by atoms with E-state index in [2.05, 4.69) is 36.2 Å². The molecule has 1 aromatic carbocycles. The van der Waals surface area contributed by atoms with Crippen LogP contribution in [0.25, 0.3) is 0 Å². The minimum absolute atomic E-state index is 0.0467. The summed E-state index contributed by atoms with van der Waals surface area (Å²) in [7, 11) is 0. The summed E-state index contributed by atoms with van der Waals surface area (Å²) in [5.74, 6) is 0.466. The molecule has 1 fully saturated rings. The second kappa shape index (κ2) is 6.58. The van der Waals surface area contributed by atoms with Crippen molar-refractivity contribution in [3.63, 3.8) is 0 Å². The van der Waals surface area contributed by atoms with Gasteiger partial charge in [-0.1, -0.05) is 30.3 Å². The fourth-order valence-corrected chi connectivity index (χ4v) is 3.86. The highest BCUT2D eigenvalue weighted by atomic mass is 32.1. The van der Waals surface area contributed by atoms with Crippen LogP contribution >= 0.6 is 11.3 Å². The maximum absolute atomic E-state index is 12.7. The number of nitrogens with zero attached hydrogens (tertiary/aromatic N) is 2. The summed E-state index contributed by atoms with van der Waals surface area (Å²) >= 11 is 1.52. The Bertz CT molecular complexity index is 640. The zero-order valence-corrected chi connectivity index (χ0v) is 13.6. The Morgan fingerprint density at radius 2 is 2.18 bits per heavy atom. The smallest absolute Gasteiger partial charge is 0.273 e. The molecule has 2 unspecified atom stereocenters. The average Bonchev–Trinajstić information content (AvgIpc) is 3.15. The van der Waals surface area contributed by atoms with Gasteiger partial charge in [0, 0.05) is 30.3 Å². The minimum Gasteiger partial charge on any atom is -0.334 e. The summed E-state index contributed by atoms with van der Waals surface area (Å²) in [6, 6.07) is 10.7. The first-order chi connectivity index (χ1) is 10.7. The van der Waals surface area contributed by atoms with E-state index in [4.69, 9.17) is 5.73 Å². The SMILES string of the molecule is CC1CC(c2ccccc2)CN1C(=O)c1csc(CCN)n1. The van der Waals surface area contributed by atoms with Crippen molar-refractivity contribution in [2.45, 2.75) is 31.7 Å². The lowest BCUT2D eigenvalue weighted by molar-refractivity contribution is 0.0740. The molecule has 2 heterocycles. The molecule has 1 aliphatic heterocycles. The van der Waals surface area contributed by atoms with E-state index < -0.39 is 0 Å². The van der Waals surface area contributed by atoms with Gasteiger partial charge in [-0.2, -0.15) is 0 Å². The Hall–Kier alpha value is -1.72. The van der Waals surface area contributed by atoms with E-state index in [1.807, 2.05) is 16.3 Å². The number of thiazole rings is 1. The van der Waals surface area contributed by atoms with Gasteiger partial charge in [-0.15, -0.1) is 11.3 Å². The normalized spacial score (nSPS) is 21.3. The largest absolute Gasteiger partial charge is 0.334 e. The van der Waals surface area contributed by atoms with Crippen LogP contribution in [0.1, 0.15) is 40.3 Å². The predicted octanol–water partition coefficient (Wildman–Crippen LogP) is 2.66. The van der Waals surface area contributed by atoms with Crippen molar-refractivity contribution in [3.8, 4) is 0 Å². The van der Waals surface area contributed by atoms with Crippen LogP contribution in [0.4, 0.5) is 0 Å². The van der Waals surface area contributed by atoms with Crippen LogP contribution in [-0.2, 0) is 6.42 Å². The van der Waals surface area contributed by atoms with Crippen molar-refractivity contribution < 1.29 is 4.79 Å². The maximum Gasteiger partial charge on any atom is 0.273 e. The first-order valence-electron chi connectivity index (χ1n) is 7.69. The van der Waals surface area contributed by atoms with Crippen molar-refractivity contribution in [2.75, 3.05) is 13.1 Å². The van der Waals surface area contributed by atoms with Crippen LogP contribution in [0, 0.1) is 0 Å². The van der Waals surface area contributed by atoms with Gasteiger partial charge in [0.25, 0.3) is 5.91 Å². The third kappa shape index (κ3) is 3.05. The van der Waals surface area contributed by atoms with E-state index in [-0.39, 0.29) is 11.9 Å². The van der Waals surface area contributed by atoms with Gasteiger partial charge in [0.1, 0.15) is 5.69 Å². The fraction of sp³-hybridized carbons (Fsp3) is 0.412. The highest BCUT2D eigenvalue weighted by Crippen LogP contribution is 2.32. The predicted molar refractivity (Wildman–Crippen MR) is 89.2 cm³/mol. The topological polar surface area (TPSA) is 59.2 Å². The summed E-state index contributed by atoms with van der Waals surface area (Å²) in [6.07, 6.45) is 1.75. The molecule has 0 spiro atoms. The molecule has 4 nitrogen and oxygen atoms in total. The van der Waals surface area contributed by atoms with Gasteiger partial charge in [-0.3, -0.25) is 4.79 Å². The van der Waals surface area contributed by atoms with Gasteiger partial charge in [-0.25, -0.2) is 4.98 Å². The van der Waals surface area contributed by atoms with E-state index in [0.717, 1.165) is 24.4 Å². The first-order valence-corrected chi connectivity index (χ1v) is 8.57. The van der Waals surface area contributed by atoms with E-state index in [9.17, 15) is 4.79 Å². The number of nitrogens with two attached hydrogens (primary N) is 1. The van der Waals surface area contributed by atoms with Gasteiger partial charge in [0.2, 0.25) is 0 Å². The molecule has 0 radical (unpaired) electrons. The highest BCUT2D eigenvalue weighted by molar-refractivity contribution is 7.09. The summed E-state index contributed by atoms with van der Waals surface area (Å²) < 4.78 is 0. The Kier molecular flexibility index (Phi) is 4.55. The molecule has 116 valence electrons. The molecule has 2 N–H and O–H groups in total. The van der Waals surface area contributed by atoms with E-state index in [0.29, 0.717) is 18.2 Å². The quantitative estimate of drug-likeness (QED) is 0.943. The number of carbonyl (C=O) groups excluding carboxylic acids is 1. The van der Waals surface area contributed by atoms with E-state index in [1.54, 1.807) is 0 Å². The molecule has 2 atom stereocenters. The molecule has 0 bridgehead atoms. The van der Waals surface area contributed by atoms with Crippen LogP contribution in [0.3, 0.4) is 0 Å². The zero-order valence-electron chi connectivity index (χ0n) is 12.7. The number of carbonyl (C=O) groups is 1. The van der Waals surface area contributed by atoms with E-state index >= 15 is 0 Å². The Morgan fingerprint density at radius 3 is 2.91 bits per heavy atom. The van der Waals surface area contributed by atoms with Gasteiger partial charge >= 0.3 is 0 Å². The molecule has 22 heavy (non-hydrogen) atoms. The molecular weight excluding hydrogens is 294 g/mol. The Labute approximate surface area is 135 Å². The average molecular weight is 315 g/mol. The van der Waals surface area contributed by atoms with Crippen molar-refractivity contribution in [1.82, 2.24) is 9.88 Å². The van der Waals surface area contributed by atoms with Gasteiger partial charge < -0.3 is 10.6 Å². The van der Waals surface area contributed by atoms with Crippen molar-refractivity contribution in [1.29, 1.82) is 0 Å². The Balaban J connectivity index is 1.72. The fourth-order valence-electron chi connectivity index (χ4n) is 3.08. The number of likely N-dealkylation sites (tertiary alicyclic amines) is 1. The van der Waals surface area contributed by atoms with Crippen molar-refractivity contribution in [2.24, 2.45) is 5.73 Å². The van der Waals surface area contributed by atoms with Gasteiger partial charge in [-0.05, 0) is 25.5 Å². The standard InChI is InChI=1S/C17H21N3OS/c1-12-9-14(13-5-3-2-4-6-13)10-20(12)17(21)15-11-22-16(19-15)7-8-18/h2-6,11-12,14H,7-10,18H2,1H3. The summed E-state index contributed by atoms with van der Waals surface area (Å²) in [4.78, 5) is 19.1. The molecule has 2 aromatic rings. The van der Waals surface area contributed by atoms with Crippen LogP contribution < -0.4 is 5.73 Å². The van der Waals surface area contributed by atoms with Crippen LogP contribution in [0.5, 0.6) is 0 Å². The molecule has 1 saturated heterocycles. The molecule has 1 amide bonds. The number of hydrogen-bond acceptors (Lipinski definition) is 4. The molecule has 1 aromatic heterocycles. The van der Waals surface area contributed by atoms with Crippen LogP contribution in [0.2, 0.25) is 0 Å². The van der Waals surface area contributed by atoms with Crippen molar-refractivity contribution in [3.05, 3.63) is 52.0 Å². The number of rotatable bonds is 4. The molecular formula is C17H21N3OS. The lowest BCUT2D eigenvalue weighted by atomic mass is 9.97. The third-order valence-corrected chi connectivity index (χ3v) is 5.14. The number of hydrogen-bond donors (Lipinski definition) is 1. The molecule has 1 aliphatic rings. The third-order valence-electron chi connectivity index (χ3n) is 4.24. The first kappa shape index (κ1) is 15.2. The van der Waals surface area contributed by atoms with Gasteiger partial charge in [0.15, 0.2) is 0 Å². The minimum atomic E-state index is 0.0467. The Morgan fingerprint density at radius 1 is 1.41 bits per heavy atom. The molecule has 5 heteroatoms. The second-order valence-corrected chi connectivity index (χ2v) is 6.76. The lowest BCUT2D eigenvalue weighted by Gasteiger charge is -2.20. The summed E-state index contributed by atoms with van der Waals surface area (Å²) in [5, 5.41) is 2.80. The number of benzene rings is 1. The maximum atomic E-state index is 12.7. The number of amides is 1. The second-order valence-electron chi connectivity index (χ2n) is 5.82. The highest BCUT2D eigenvalue weighted by Gasteiger charge is 2.34. The van der Waals surface area contributed by atoms with Crippen LogP contribution in [-0.4, -0.2) is 34.9 Å². The molecule has 3 rings (SSSR count). The molecule has 0 aliphatic carbocycles. The summed E-state index contributed by atoms with van der Waals surface area (Å²) in [5.41, 5.74) is 7.42. The monoisotopic (exact) mass is 315 g/mol. The van der Waals surface area contributed by atoms with Crippen LogP contribution in [0.15, 0.2) is 35.7 Å². The van der Waals surface area contributed by atoms with Gasteiger partial charge in [0.05, 0.1) is 5.01 Å². The van der Waals surface area contributed by atoms with E-state index in [1.165, 1.54) is 16.9 Å².